The maximum Gasteiger partial charge on any atom is 0.293 e. The number of nitrogens with zero attached hydrogens (tertiary/aromatic N) is 4. The lowest BCUT2D eigenvalue weighted by atomic mass is 10.2. The number of tetrazole rings is 1. The highest BCUT2D eigenvalue weighted by Gasteiger charge is 2.30. The van der Waals surface area contributed by atoms with E-state index in [0.717, 1.165) is 4.47 Å². The molecule has 1 N–H and O–H groups in total. The Morgan fingerprint density at radius 3 is 2.68 bits per heavy atom. The minimum Gasteiger partial charge on any atom is -0.345 e. The van der Waals surface area contributed by atoms with Crippen LogP contribution in [0.4, 0.5) is 0 Å². The van der Waals surface area contributed by atoms with E-state index in [-0.39, 0.29) is 17.3 Å². The van der Waals surface area contributed by atoms with Gasteiger partial charge in [-0.25, -0.2) is 8.42 Å². The zero-order chi connectivity index (χ0) is 15.7. The molecule has 1 atom stereocenters. The van der Waals surface area contributed by atoms with Gasteiger partial charge in [0.2, 0.25) is 0 Å². The van der Waals surface area contributed by atoms with E-state index in [0.29, 0.717) is 12.1 Å². The number of sulfone groups is 1. The van der Waals surface area contributed by atoms with E-state index in [1.54, 1.807) is 12.1 Å². The smallest absolute Gasteiger partial charge is 0.293 e. The molecule has 1 aliphatic rings. The van der Waals surface area contributed by atoms with Crippen molar-refractivity contribution >= 4 is 31.7 Å². The van der Waals surface area contributed by atoms with E-state index < -0.39 is 21.8 Å². The van der Waals surface area contributed by atoms with Gasteiger partial charge in [0, 0.05) is 10.5 Å². The number of amides is 1. The molecule has 1 aromatic carbocycles. The molecule has 1 aliphatic heterocycles. The molecule has 1 aromatic heterocycles. The van der Waals surface area contributed by atoms with Crippen LogP contribution in [0.15, 0.2) is 28.7 Å². The first-order valence-corrected chi connectivity index (χ1v) is 9.12. The van der Waals surface area contributed by atoms with Gasteiger partial charge in [-0.15, -0.1) is 15.0 Å². The molecule has 0 aliphatic carbocycles. The normalized spacial score (nSPS) is 20.0. The third-order valence-corrected chi connectivity index (χ3v) is 5.54. The Hall–Kier alpha value is -1.81. The molecule has 0 spiro atoms. The number of hydrogen-bond donors (Lipinski definition) is 1. The van der Waals surface area contributed by atoms with Gasteiger partial charge in [-0.3, -0.25) is 4.79 Å². The largest absolute Gasteiger partial charge is 0.345 e. The fourth-order valence-electron chi connectivity index (χ4n) is 2.15. The predicted molar refractivity (Wildman–Crippen MR) is 81.4 cm³/mol. The maximum absolute atomic E-state index is 12.0. The minimum absolute atomic E-state index is 0.0421. The first-order chi connectivity index (χ1) is 10.4. The lowest BCUT2D eigenvalue weighted by Crippen LogP contribution is -2.36. The van der Waals surface area contributed by atoms with Gasteiger partial charge in [-0.2, -0.15) is 0 Å². The summed E-state index contributed by atoms with van der Waals surface area (Å²) < 4.78 is 23.7. The summed E-state index contributed by atoms with van der Waals surface area (Å²) in [7, 11) is -3.05. The molecule has 116 valence electrons. The standard InChI is InChI=1S/C12H12BrN5O3S/c13-8-1-3-10(4-2-8)18-16-11(15-17-18)12(19)14-9-5-6-22(20,21)7-9/h1-4,9H,5-7H2,(H,14,19)/t9-/m0/s1. The Morgan fingerprint density at radius 2 is 2.05 bits per heavy atom. The third-order valence-electron chi connectivity index (χ3n) is 3.24. The Labute approximate surface area is 134 Å². The second-order valence-corrected chi connectivity index (χ2v) is 8.10. The number of halogens is 1. The van der Waals surface area contributed by atoms with E-state index in [1.165, 1.54) is 4.80 Å². The Balaban J connectivity index is 1.71. The van der Waals surface area contributed by atoms with Crippen LogP contribution in [0.1, 0.15) is 17.0 Å². The van der Waals surface area contributed by atoms with Crippen molar-refractivity contribution in [1.82, 2.24) is 25.5 Å². The van der Waals surface area contributed by atoms with Gasteiger partial charge in [0.15, 0.2) is 9.84 Å². The van der Waals surface area contributed by atoms with Crippen molar-refractivity contribution in [2.24, 2.45) is 0 Å². The van der Waals surface area contributed by atoms with Crippen LogP contribution in [0.2, 0.25) is 0 Å². The number of nitrogens with one attached hydrogen (secondary N) is 1. The molecule has 2 heterocycles. The van der Waals surface area contributed by atoms with E-state index in [2.05, 4.69) is 36.7 Å². The van der Waals surface area contributed by atoms with Gasteiger partial charge < -0.3 is 5.32 Å². The summed E-state index contributed by atoms with van der Waals surface area (Å²) in [5, 5.41) is 14.2. The number of carbonyl (C=O) groups is 1. The van der Waals surface area contributed by atoms with Crippen LogP contribution in [-0.2, 0) is 9.84 Å². The van der Waals surface area contributed by atoms with Gasteiger partial charge in [0.1, 0.15) is 0 Å². The predicted octanol–water partition coefficient (Wildman–Crippen LogP) is 0.342. The van der Waals surface area contributed by atoms with Crippen molar-refractivity contribution < 1.29 is 13.2 Å². The summed E-state index contributed by atoms with van der Waals surface area (Å²) in [5.74, 6) is -0.561. The van der Waals surface area contributed by atoms with Gasteiger partial charge in [-0.1, -0.05) is 15.9 Å². The van der Waals surface area contributed by atoms with Crippen LogP contribution < -0.4 is 5.32 Å². The number of benzene rings is 1. The number of aromatic nitrogens is 4. The monoisotopic (exact) mass is 385 g/mol. The SMILES string of the molecule is O=C(N[C@H]1CCS(=O)(=O)C1)c1nnn(-c2ccc(Br)cc2)n1. The number of carbonyl (C=O) groups excluding carboxylic acids is 1. The molecule has 1 saturated heterocycles. The summed E-state index contributed by atoms with van der Waals surface area (Å²) in [4.78, 5) is 13.3. The van der Waals surface area contributed by atoms with Crippen LogP contribution in [0.25, 0.3) is 5.69 Å². The average Bonchev–Trinajstić information content (AvgIpc) is 3.06. The van der Waals surface area contributed by atoms with Crippen LogP contribution in [0, 0.1) is 0 Å². The fourth-order valence-corrected chi connectivity index (χ4v) is 4.09. The summed E-state index contributed by atoms with van der Waals surface area (Å²) >= 11 is 3.33. The fraction of sp³-hybridized carbons (Fsp3) is 0.333. The molecule has 2 aromatic rings. The quantitative estimate of drug-likeness (QED) is 0.816. The molecule has 1 fully saturated rings. The molecule has 0 bridgehead atoms. The molecule has 0 saturated carbocycles. The zero-order valence-electron chi connectivity index (χ0n) is 11.3. The van der Waals surface area contributed by atoms with Gasteiger partial charge >= 0.3 is 0 Å². The van der Waals surface area contributed by atoms with E-state index in [4.69, 9.17) is 0 Å². The van der Waals surface area contributed by atoms with E-state index in [9.17, 15) is 13.2 Å². The second kappa shape index (κ2) is 5.76. The number of rotatable bonds is 3. The summed E-state index contributed by atoms with van der Waals surface area (Å²) in [6.45, 7) is 0. The Bertz CT molecular complexity index is 802. The molecule has 1 amide bonds. The molecule has 0 unspecified atom stereocenters. The van der Waals surface area contributed by atoms with Crippen LogP contribution in [-0.4, -0.2) is 52.1 Å². The summed E-state index contributed by atoms with van der Waals surface area (Å²) in [6, 6.07) is 6.80. The zero-order valence-corrected chi connectivity index (χ0v) is 13.7. The van der Waals surface area contributed by atoms with Crippen molar-refractivity contribution in [3.63, 3.8) is 0 Å². The van der Waals surface area contributed by atoms with Crippen molar-refractivity contribution in [1.29, 1.82) is 0 Å². The molecular formula is C12H12BrN5O3S. The van der Waals surface area contributed by atoms with Crippen molar-refractivity contribution in [2.75, 3.05) is 11.5 Å². The highest BCUT2D eigenvalue weighted by molar-refractivity contribution is 9.10. The highest BCUT2D eigenvalue weighted by atomic mass is 79.9. The Morgan fingerprint density at radius 1 is 1.32 bits per heavy atom. The number of hydrogen-bond acceptors (Lipinski definition) is 6. The van der Waals surface area contributed by atoms with Gasteiger partial charge in [0.25, 0.3) is 11.7 Å². The van der Waals surface area contributed by atoms with Crippen molar-refractivity contribution in [3.8, 4) is 5.69 Å². The topological polar surface area (TPSA) is 107 Å². The van der Waals surface area contributed by atoms with Crippen LogP contribution in [0.5, 0.6) is 0 Å². The van der Waals surface area contributed by atoms with Crippen LogP contribution >= 0.6 is 15.9 Å². The Kier molecular flexibility index (Phi) is 3.96. The third kappa shape index (κ3) is 3.33. The maximum atomic E-state index is 12.0. The van der Waals surface area contributed by atoms with Gasteiger partial charge in [-0.05, 0) is 35.9 Å². The average molecular weight is 386 g/mol. The molecule has 10 heteroatoms. The molecule has 22 heavy (non-hydrogen) atoms. The lowest BCUT2D eigenvalue weighted by molar-refractivity contribution is 0.0930. The minimum atomic E-state index is -3.05. The summed E-state index contributed by atoms with van der Waals surface area (Å²) in [5.41, 5.74) is 0.665. The molecule has 8 nitrogen and oxygen atoms in total. The second-order valence-electron chi connectivity index (χ2n) is 4.95. The van der Waals surface area contributed by atoms with E-state index in [1.807, 2.05) is 12.1 Å². The summed E-state index contributed by atoms with van der Waals surface area (Å²) in [6.07, 6.45) is 0.412. The first-order valence-electron chi connectivity index (χ1n) is 6.50. The van der Waals surface area contributed by atoms with Crippen molar-refractivity contribution in [3.05, 3.63) is 34.6 Å². The molecule has 3 rings (SSSR count). The van der Waals surface area contributed by atoms with Crippen LogP contribution in [0.3, 0.4) is 0 Å². The highest BCUT2D eigenvalue weighted by Crippen LogP contribution is 2.13. The molecule has 0 radical (unpaired) electrons. The van der Waals surface area contributed by atoms with Crippen molar-refractivity contribution in [2.45, 2.75) is 12.5 Å². The first kappa shape index (κ1) is 15.1. The molecular weight excluding hydrogens is 374 g/mol. The van der Waals surface area contributed by atoms with E-state index >= 15 is 0 Å². The van der Waals surface area contributed by atoms with Gasteiger partial charge in [0.05, 0.1) is 17.2 Å². The lowest BCUT2D eigenvalue weighted by Gasteiger charge is -2.07.